The number of halogens is 1. The average molecular weight is 304 g/mol. The van der Waals surface area contributed by atoms with E-state index >= 15 is 0 Å². The number of benzene rings is 2. The van der Waals surface area contributed by atoms with E-state index in [1.54, 1.807) is 24.3 Å². The van der Waals surface area contributed by atoms with Gasteiger partial charge in [-0.15, -0.1) is 0 Å². The van der Waals surface area contributed by atoms with Crippen LogP contribution in [0.2, 0.25) is 5.02 Å². The first-order chi connectivity index (χ1) is 10.0. The largest absolute Gasteiger partial charge is 0.484 e. The molecule has 0 heterocycles. The predicted octanol–water partition coefficient (Wildman–Crippen LogP) is 4.48. The minimum atomic E-state index is -0.189. The Morgan fingerprint density at radius 2 is 1.90 bits per heavy atom. The highest BCUT2D eigenvalue weighted by molar-refractivity contribution is 6.30. The Kier molecular flexibility index (Phi) is 5.23. The second-order valence-electron chi connectivity index (χ2n) is 5.07. The summed E-state index contributed by atoms with van der Waals surface area (Å²) in [4.78, 5) is 11.9. The molecule has 0 saturated carbocycles. The molecule has 1 N–H and O–H groups in total. The van der Waals surface area contributed by atoms with E-state index in [1.165, 1.54) is 5.56 Å². The normalized spacial score (nSPS) is 10.5. The van der Waals surface area contributed by atoms with E-state index < -0.39 is 0 Å². The standard InChI is InChI=1S/C17H18ClNO2/c1-12(2)13-4-3-5-15(10-13)19-17(20)11-21-16-8-6-14(18)7-9-16/h3-10,12H,11H2,1-2H3,(H,19,20). The molecule has 1 amide bonds. The lowest BCUT2D eigenvalue weighted by Crippen LogP contribution is -2.20. The van der Waals surface area contributed by atoms with Gasteiger partial charge in [0.15, 0.2) is 6.61 Å². The van der Waals surface area contributed by atoms with Gasteiger partial charge in [-0.25, -0.2) is 0 Å². The lowest BCUT2D eigenvalue weighted by molar-refractivity contribution is -0.118. The Balaban J connectivity index is 1.89. The zero-order valence-electron chi connectivity index (χ0n) is 12.1. The number of nitrogens with one attached hydrogen (secondary N) is 1. The van der Waals surface area contributed by atoms with Crippen LogP contribution in [0.5, 0.6) is 5.75 Å². The molecule has 0 aliphatic heterocycles. The van der Waals surface area contributed by atoms with Crippen molar-refractivity contribution in [2.75, 3.05) is 11.9 Å². The van der Waals surface area contributed by atoms with Crippen molar-refractivity contribution >= 4 is 23.2 Å². The first-order valence-corrected chi connectivity index (χ1v) is 7.20. The Morgan fingerprint density at radius 1 is 1.19 bits per heavy atom. The van der Waals surface area contributed by atoms with Crippen LogP contribution >= 0.6 is 11.6 Å². The summed E-state index contributed by atoms with van der Waals surface area (Å²) in [6, 6.07) is 14.7. The summed E-state index contributed by atoms with van der Waals surface area (Å²) in [5.74, 6) is 0.850. The molecule has 0 saturated heterocycles. The van der Waals surface area contributed by atoms with Gasteiger partial charge in [0.1, 0.15) is 5.75 Å². The van der Waals surface area contributed by atoms with Crippen LogP contribution in [0.25, 0.3) is 0 Å². The highest BCUT2D eigenvalue weighted by atomic mass is 35.5. The molecule has 4 heteroatoms. The Morgan fingerprint density at radius 3 is 2.57 bits per heavy atom. The van der Waals surface area contributed by atoms with Crippen LogP contribution in [0.3, 0.4) is 0 Å². The van der Waals surface area contributed by atoms with Crippen molar-refractivity contribution in [1.82, 2.24) is 0 Å². The fourth-order valence-corrected chi connectivity index (χ4v) is 1.98. The van der Waals surface area contributed by atoms with E-state index in [-0.39, 0.29) is 12.5 Å². The minimum absolute atomic E-state index is 0.0342. The van der Waals surface area contributed by atoms with E-state index in [4.69, 9.17) is 16.3 Å². The van der Waals surface area contributed by atoms with E-state index in [0.29, 0.717) is 16.7 Å². The number of ether oxygens (including phenoxy) is 1. The smallest absolute Gasteiger partial charge is 0.262 e. The number of carbonyl (C=O) groups excluding carboxylic acids is 1. The molecule has 0 radical (unpaired) electrons. The van der Waals surface area contributed by atoms with Crippen LogP contribution in [0.1, 0.15) is 25.3 Å². The minimum Gasteiger partial charge on any atom is -0.484 e. The molecule has 0 bridgehead atoms. The SMILES string of the molecule is CC(C)c1cccc(NC(=O)COc2ccc(Cl)cc2)c1. The van der Waals surface area contributed by atoms with Crippen LogP contribution in [0.4, 0.5) is 5.69 Å². The molecule has 0 unspecified atom stereocenters. The van der Waals surface area contributed by atoms with Crippen LogP contribution < -0.4 is 10.1 Å². The van der Waals surface area contributed by atoms with Crippen molar-refractivity contribution in [3.05, 3.63) is 59.1 Å². The number of anilines is 1. The summed E-state index contributed by atoms with van der Waals surface area (Å²) in [6.07, 6.45) is 0. The first-order valence-electron chi connectivity index (χ1n) is 6.83. The van der Waals surface area contributed by atoms with Gasteiger partial charge in [-0.3, -0.25) is 4.79 Å². The molecule has 2 rings (SSSR count). The summed E-state index contributed by atoms with van der Waals surface area (Å²) < 4.78 is 5.40. The fourth-order valence-electron chi connectivity index (χ4n) is 1.85. The molecule has 0 aliphatic rings. The van der Waals surface area contributed by atoms with Gasteiger partial charge in [0.25, 0.3) is 5.91 Å². The van der Waals surface area contributed by atoms with Gasteiger partial charge < -0.3 is 10.1 Å². The molecule has 0 atom stereocenters. The van der Waals surface area contributed by atoms with E-state index in [1.807, 2.05) is 24.3 Å². The van der Waals surface area contributed by atoms with Crippen molar-refractivity contribution in [1.29, 1.82) is 0 Å². The van der Waals surface area contributed by atoms with Crippen molar-refractivity contribution in [2.45, 2.75) is 19.8 Å². The number of hydrogen-bond donors (Lipinski definition) is 1. The lowest BCUT2D eigenvalue weighted by Gasteiger charge is -2.10. The van der Waals surface area contributed by atoms with Gasteiger partial charge in [0.05, 0.1) is 0 Å². The molecule has 21 heavy (non-hydrogen) atoms. The van der Waals surface area contributed by atoms with Crippen LogP contribution in [0, 0.1) is 0 Å². The molecule has 0 spiro atoms. The number of amides is 1. The summed E-state index contributed by atoms with van der Waals surface area (Å²) in [5.41, 5.74) is 1.97. The maximum absolute atomic E-state index is 11.9. The van der Waals surface area contributed by atoms with E-state index in [0.717, 1.165) is 5.69 Å². The summed E-state index contributed by atoms with van der Waals surface area (Å²) in [6.45, 7) is 4.20. The van der Waals surface area contributed by atoms with Gasteiger partial charge in [0.2, 0.25) is 0 Å². The highest BCUT2D eigenvalue weighted by Crippen LogP contribution is 2.19. The van der Waals surface area contributed by atoms with Crippen LogP contribution in [0.15, 0.2) is 48.5 Å². The molecule has 0 aromatic heterocycles. The van der Waals surface area contributed by atoms with Crippen molar-refractivity contribution in [3.63, 3.8) is 0 Å². The van der Waals surface area contributed by atoms with E-state index in [2.05, 4.69) is 19.2 Å². The third kappa shape index (κ3) is 4.80. The Hall–Kier alpha value is -2.00. The van der Waals surface area contributed by atoms with Gasteiger partial charge >= 0.3 is 0 Å². The topological polar surface area (TPSA) is 38.3 Å². The third-order valence-electron chi connectivity index (χ3n) is 3.02. The summed E-state index contributed by atoms with van der Waals surface area (Å²) in [7, 11) is 0. The van der Waals surface area contributed by atoms with Crippen molar-refractivity contribution in [3.8, 4) is 5.75 Å². The van der Waals surface area contributed by atoms with Crippen molar-refractivity contribution < 1.29 is 9.53 Å². The second kappa shape index (κ2) is 7.14. The third-order valence-corrected chi connectivity index (χ3v) is 3.27. The Labute approximate surface area is 129 Å². The maximum Gasteiger partial charge on any atom is 0.262 e. The summed E-state index contributed by atoms with van der Waals surface area (Å²) >= 11 is 5.79. The summed E-state index contributed by atoms with van der Waals surface area (Å²) in [5, 5.41) is 3.47. The molecule has 0 fully saturated rings. The number of rotatable bonds is 5. The molecule has 2 aromatic carbocycles. The number of hydrogen-bond acceptors (Lipinski definition) is 2. The van der Waals surface area contributed by atoms with Crippen molar-refractivity contribution in [2.24, 2.45) is 0 Å². The van der Waals surface area contributed by atoms with E-state index in [9.17, 15) is 4.79 Å². The molecule has 0 aliphatic carbocycles. The fraction of sp³-hybridized carbons (Fsp3) is 0.235. The van der Waals surface area contributed by atoms with Gasteiger partial charge in [-0.1, -0.05) is 37.6 Å². The molecule has 2 aromatic rings. The molecular weight excluding hydrogens is 286 g/mol. The maximum atomic E-state index is 11.9. The van der Waals surface area contributed by atoms with Gasteiger partial charge in [-0.2, -0.15) is 0 Å². The zero-order valence-corrected chi connectivity index (χ0v) is 12.9. The quantitative estimate of drug-likeness (QED) is 0.884. The lowest BCUT2D eigenvalue weighted by atomic mass is 10.0. The Bertz CT molecular complexity index is 608. The second-order valence-corrected chi connectivity index (χ2v) is 5.51. The van der Waals surface area contributed by atoms with Gasteiger partial charge in [0, 0.05) is 10.7 Å². The average Bonchev–Trinajstić information content (AvgIpc) is 2.47. The molecular formula is C17H18ClNO2. The van der Waals surface area contributed by atoms with Crippen LogP contribution in [-0.4, -0.2) is 12.5 Å². The highest BCUT2D eigenvalue weighted by Gasteiger charge is 2.05. The zero-order chi connectivity index (χ0) is 15.2. The first kappa shape index (κ1) is 15.4. The predicted molar refractivity (Wildman–Crippen MR) is 86.1 cm³/mol. The molecule has 110 valence electrons. The number of carbonyl (C=O) groups is 1. The molecule has 3 nitrogen and oxygen atoms in total. The monoisotopic (exact) mass is 303 g/mol. The van der Waals surface area contributed by atoms with Gasteiger partial charge in [-0.05, 0) is 47.9 Å². The van der Waals surface area contributed by atoms with Crippen LogP contribution in [-0.2, 0) is 4.79 Å².